The highest BCUT2D eigenvalue weighted by Crippen LogP contribution is 2.18. The average Bonchev–Trinajstić information content (AvgIpc) is 2.49. The lowest BCUT2D eigenvalue weighted by Gasteiger charge is -2.09. The number of sulfonamides is 1. The van der Waals surface area contributed by atoms with Crippen LogP contribution < -0.4 is 4.72 Å². The number of carbonyl (C=O) groups excluding carboxylic acids is 1. The van der Waals surface area contributed by atoms with Crippen LogP contribution in [-0.2, 0) is 16.4 Å². The van der Waals surface area contributed by atoms with Gasteiger partial charge in [-0.2, -0.15) is 0 Å². The van der Waals surface area contributed by atoms with Crippen LogP contribution in [-0.4, -0.2) is 14.2 Å². The van der Waals surface area contributed by atoms with E-state index in [4.69, 9.17) is 0 Å². The Bertz CT molecular complexity index is 765. The van der Waals surface area contributed by atoms with E-state index in [0.717, 1.165) is 12.8 Å². The second-order valence-corrected chi connectivity index (χ2v) is 6.82. The first-order chi connectivity index (χ1) is 10.4. The van der Waals surface area contributed by atoms with E-state index >= 15 is 0 Å². The summed E-state index contributed by atoms with van der Waals surface area (Å²) < 4.78 is 27.3. The van der Waals surface area contributed by atoms with Gasteiger partial charge in [-0.1, -0.05) is 37.6 Å². The first-order valence-electron chi connectivity index (χ1n) is 7.15. The second kappa shape index (κ2) is 6.75. The van der Waals surface area contributed by atoms with Crippen molar-refractivity contribution in [2.75, 3.05) is 4.72 Å². The summed E-state index contributed by atoms with van der Waals surface area (Å²) in [6, 6.07) is 13.3. The molecule has 0 fully saturated rings. The molecule has 0 aliphatic heterocycles. The maximum Gasteiger partial charge on any atom is 0.261 e. The molecular formula is C17H19NO3S. The van der Waals surface area contributed by atoms with E-state index in [0.29, 0.717) is 11.3 Å². The average molecular weight is 317 g/mol. The minimum atomic E-state index is -3.70. The fourth-order valence-electron chi connectivity index (χ4n) is 2.12. The molecule has 4 nitrogen and oxygen atoms in total. The van der Waals surface area contributed by atoms with E-state index in [1.807, 2.05) is 12.1 Å². The fourth-order valence-corrected chi connectivity index (χ4v) is 3.23. The summed E-state index contributed by atoms with van der Waals surface area (Å²) in [6.07, 6.45) is 2.01. The third-order valence-corrected chi connectivity index (χ3v) is 4.67. The minimum absolute atomic E-state index is 0.0813. The van der Waals surface area contributed by atoms with E-state index in [1.165, 1.54) is 24.6 Å². The molecule has 0 radical (unpaired) electrons. The van der Waals surface area contributed by atoms with Crippen LogP contribution in [0.15, 0.2) is 53.4 Å². The molecule has 1 N–H and O–H groups in total. The van der Waals surface area contributed by atoms with Crippen molar-refractivity contribution in [1.82, 2.24) is 0 Å². The molecule has 0 aliphatic rings. The topological polar surface area (TPSA) is 63.2 Å². The number of anilines is 1. The van der Waals surface area contributed by atoms with Crippen molar-refractivity contribution < 1.29 is 13.2 Å². The van der Waals surface area contributed by atoms with Crippen molar-refractivity contribution in [3.8, 4) is 0 Å². The number of Topliss-reactive ketones (excluding diaryl/α,β-unsaturated/α-hetero) is 1. The Kier molecular flexibility index (Phi) is 4.98. The highest BCUT2D eigenvalue weighted by molar-refractivity contribution is 7.92. The number of benzene rings is 2. The maximum absolute atomic E-state index is 12.4. The maximum atomic E-state index is 12.4. The van der Waals surface area contributed by atoms with Crippen molar-refractivity contribution in [3.63, 3.8) is 0 Å². The van der Waals surface area contributed by atoms with Crippen molar-refractivity contribution in [2.24, 2.45) is 0 Å². The Labute approximate surface area is 131 Å². The molecular weight excluding hydrogens is 298 g/mol. The number of rotatable bonds is 6. The molecule has 0 aromatic heterocycles. The van der Waals surface area contributed by atoms with Crippen molar-refractivity contribution >= 4 is 21.5 Å². The predicted molar refractivity (Wildman–Crippen MR) is 87.7 cm³/mol. The van der Waals surface area contributed by atoms with Crippen LogP contribution in [0.25, 0.3) is 0 Å². The molecule has 2 aromatic rings. The monoisotopic (exact) mass is 317 g/mol. The number of hydrogen-bond acceptors (Lipinski definition) is 3. The van der Waals surface area contributed by atoms with E-state index in [2.05, 4.69) is 11.6 Å². The molecule has 0 saturated heterocycles. The first-order valence-corrected chi connectivity index (χ1v) is 8.63. The molecule has 0 heterocycles. The van der Waals surface area contributed by atoms with Gasteiger partial charge in [-0.05, 0) is 43.2 Å². The summed E-state index contributed by atoms with van der Waals surface area (Å²) in [5.74, 6) is -0.166. The molecule has 0 amide bonds. The summed E-state index contributed by atoms with van der Waals surface area (Å²) in [6.45, 7) is 3.50. The van der Waals surface area contributed by atoms with Gasteiger partial charge in [0.2, 0.25) is 0 Å². The largest absolute Gasteiger partial charge is 0.295 e. The van der Waals surface area contributed by atoms with Gasteiger partial charge in [0, 0.05) is 11.3 Å². The highest BCUT2D eigenvalue weighted by atomic mass is 32.2. The van der Waals surface area contributed by atoms with Crippen LogP contribution in [0.4, 0.5) is 5.69 Å². The smallest absolute Gasteiger partial charge is 0.261 e. The van der Waals surface area contributed by atoms with Crippen molar-refractivity contribution in [1.29, 1.82) is 0 Å². The molecule has 0 atom stereocenters. The van der Waals surface area contributed by atoms with E-state index in [-0.39, 0.29) is 10.7 Å². The molecule has 0 unspecified atom stereocenters. The number of hydrogen-bond donors (Lipinski definition) is 1. The summed E-state index contributed by atoms with van der Waals surface area (Å²) in [5.41, 5.74) is 2.05. The van der Waals surface area contributed by atoms with Gasteiger partial charge < -0.3 is 0 Å². The molecule has 22 heavy (non-hydrogen) atoms. The van der Waals surface area contributed by atoms with E-state index in [1.54, 1.807) is 24.3 Å². The summed E-state index contributed by atoms with van der Waals surface area (Å²) in [7, 11) is -3.70. The quantitative estimate of drug-likeness (QED) is 0.827. The number of ketones is 1. The van der Waals surface area contributed by atoms with Gasteiger partial charge in [-0.15, -0.1) is 0 Å². The van der Waals surface area contributed by atoms with Crippen LogP contribution in [0.2, 0.25) is 0 Å². The Morgan fingerprint density at radius 2 is 1.77 bits per heavy atom. The molecule has 0 aliphatic carbocycles. The van der Waals surface area contributed by atoms with Crippen molar-refractivity contribution in [3.05, 3.63) is 59.7 Å². The second-order valence-electron chi connectivity index (χ2n) is 5.14. The third-order valence-electron chi connectivity index (χ3n) is 3.30. The van der Waals surface area contributed by atoms with E-state index < -0.39 is 10.0 Å². The standard InChI is InChI=1S/C17H19NO3S/c1-3-5-14-8-10-16(11-9-14)18-22(20,21)17-7-4-6-15(12-17)13(2)19/h4,6-12,18H,3,5H2,1-2H3. The van der Waals surface area contributed by atoms with Gasteiger partial charge in [0.05, 0.1) is 4.90 Å². The summed E-state index contributed by atoms with van der Waals surface area (Å²) in [5, 5.41) is 0. The zero-order valence-corrected chi connectivity index (χ0v) is 13.5. The third kappa shape index (κ3) is 3.95. The molecule has 0 saturated carbocycles. The zero-order valence-electron chi connectivity index (χ0n) is 12.7. The SMILES string of the molecule is CCCc1ccc(NS(=O)(=O)c2cccc(C(C)=O)c2)cc1. The molecule has 0 bridgehead atoms. The molecule has 0 spiro atoms. The number of carbonyl (C=O) groups is 1. The molecule has 5 heteroatoms. The normalized spacial score (nSPS) is 11.2. The van der Waals surface area contributed by atoms with Crippen LogP contribution >= 0.6 is 0 Å². The van der Waals surface area contributed by atoms with Gasteiger partial charge >= 0.3 is 0 Å². The Morgan fingerprint density at radius 1 is 1.09 bits per heavy atom. The Balaban J connectivity index is 2.23. The predicted octanol–water partition coefficient (Wildman–Crippen LogP) is 3.64. The number of aryl methyl sites for hydroxylation is 1. The number of nitrogens with one attached hydrogen (secondary N) is 1. The lowest BCUT2D eigenvalue weighted by Crippen LogP contribution is -2.13. The van der Waals surface area contributed by atoms with Crippen LogP contribution in [0.3, 0.4) is 0 Å². The molecule has 2 rings (SSSR count). The van der Waals surface area contributed by atoms with Crippen LogP contribution in [0, 0.1) is 0 Å². The van der Waals surface area contributed by atoms with Gasteiger partial charge in [-0.25, -0.2) is 8.42 Å². The van der Waals surface area contributed by atoms with Crippen LogP contribution in [0.5, 0.6) is 0 Å². The van der Waals surface area contributed by atoms with Gasteiger partial charge in [0.15, 0.2) is 5.78 Å². The Hall–Kier alpha value is -2.14. The summed E-state index contributed by atoms with van der Waals surface area (Å²) in [4.78, 5) is 11.4. The van der Waals surface area contributed by atoms with Gasteiger partial charge in [0.25, 0.3) is 10.0 Å². The fraction of sp³-hybridized carbons (Fsp3) is 0.235. The van der Waals surface area contributed by atoms with Gasteiger partial charge in [-0.3, -0.25) is 9.52 Å². The summed E-state index contributed by atoms with van der Waals surface area (Å²) >= 11 is 0. The first kappa shape index (κ1) is 16.2. The lowest BCUT2D eigenvalue weighted by molar-refractivity contribution is 0.101. The highest BCUT2D eigenvalue weighted by Gasteiger charge is 2.15. The van der Waals surface area contributed by atoms with Crippen LogP contribution in [0.1, 0.15) is 36.2 Å². The van der Waals surface area contributed by atoms with E-state index in [9.17, 15) is 13.2 Å². The molecule has 2 aromatic carbocycles. The lowest BCUT2D eigenvalue weighted by atomic mass is 10.1. The zero-order chi connectivity index (χ0) is 16.2. The minimum Gasteiger partial charge on any atom is -0.295 e. The molecule has 116 valence electrons. The van der Waals surface area contributed by atoms with Gasteiger partial charge in [0.1, 0.15) is 0 Å². The van der Waals surface area contributed by atoms with Crippen molar-refractivity contribution in [2.45, 2.75) is 31.6 Å². The Morgan fingerprint density at radius 3 is 2.36 bits per heavy atom.